The average molecular weight is 314 g/mol. The molecule has 1 amide bonds. The maximum Gasteiger partial charge on any atom is 0.239 e. The summed E-state index contributed by atoms with van der Waals surface area (Å²) in [4.78, 5) is 12.1. The molecule has 0 fully saturated rings. The molecule has 2 aromatic carbocycles. The summed E-state index contributed by atoms with van der Waals surface area (Å²) in [7, 11) is 0. The molecule has 0 spiro atoms. The van der Waals surface area contributed by atoms with Gasteiger partial charge in [-0.2, -0.15) is 0 Å². The number of carbonyl (C=O) groups is 1. The van der Waals surface area contributed by atoms with Crippen molar-refractivity contribution in [3.05, 3.63) is 59.4 Å². The van der Waals surface area contributed by atoms with Crippen LogP contribution in [-0.4, -0.2) is 19.1 Å². The maximum absolute atomic E-state index is 13.5. The topological polar surface area (TPSA) is 50.4 Å². The van der Waals surface area contributed by atoms with Crippen molar-refractivity contribution in [1.82, 2.24) is 5.32 Å². The number of rotatable bonds is 4. The van der Waals surface area contributed by atoms with Crippen LogP contribution in [0.5, 0.6) is 5.75 Å². The lowest BCUT2D eigenvalue weighted by atomic mass is 10.0. The molecule has 0 aliphatic carbocycles. The molecule has 2 aromatic rings. The Kier molecular flexibility index (Phi) is 4.46. The van der Waals surface area contributed by atoms with Gasteiger partial charge in [0.15, 0.2) is 0 Å². The van der Waals surface area contributed by atoms with Crippen LogP contribution in [0.1, 0.15) is 23.6 Å². The van der Waals surface area contributed by atoms with Gasteiger partial charge in [0.05, 0.1) is 19.2 Å². The minimum Gasteiger partial charge on any atom is -0.493 e. The Morgan fingerprint density at radius 2 is 2.13 bits per heavy atom. The lowest BCUT2D eigenvalue weighted by molar-refractivity contribution is -0.120. The number of carbonyl (C=O) groups excluding carboxylic acids is 1. The Balaban J connectivity index is 1.59. The summed E-state index contributed by atoms with van der Waals surface area (Å²) in [5.74, 6) is 0.402. The van der Waals surface area contributed by atoms with E-state index < -0.39 is 0 Å². The van der Waals surface area contributed by atoms with E-state index in [0.717, 1.165) is 17.7 Å². The molecule has 0 bridgehead atoms. The third-order valence-electron chi connectivity index (χ3n) is 3.92. The van der Waals surface area contributed by atoms with Crippen molar-refractivity contribution in [3.63, 3.8) is 0 Å². The Hall–Kier alpha value is -2.56. The highest BCUT2D eigenvalue weighted by Gasteiger charge is 2.22. The number of para-hydroxylation sites is 1. The molecule has 1 atom stereocenters. The highest BCUT2D eigenvalue weighted by Crippen LogP contribution is 2.31. The highest BCUT2D eigenvalue weighted by atomic mass is 19.1. The molecule has 3 rings (SSSR count). The van der Waals surface area contributed by atoms with Crippen LogP contribution in [0.15, 0.2) is 42.5 Å². The molecule has 0 saturated carbocycles. The van der Waals surface area contributed by atoms with Gasteiger partial charge in [0, 0.05) is 17.7 Å². The van der Waals surface area contributed by atoms with Gasteiger partial charge in [-0.15, -0.1) is 0 Å². The summed E-state index contributed by atoms with van der Waals surface area (Å²) in [6.07, 6.45) is 0.738. The molecule has 5 heteroatoms. The fourth-order valence-electron chi connectivity index (χ4n) is 2.62. The van der Waals surface area contributed by atoms with Crippen LogP contribution < -0.4 is 15.4 Å². The van der Waals surface area contributed by atoms with Gasteiger partial charge in [0.2, 0.25) is 5.91 Å². The van der Waals surface area contributed by atoms with Crippen LogP contribution in [0.25, 0.3) is 0 Å². The van der Waals surface area contributed by atoms with Crippen LogP contribution in [0, 0.1) is 12.7 Å². The zero-order chi connectivity index (χ0) is 16.2. The number of hydrogen-bond donors (Lipinski definition) is 2. The van der Waals surface area contributed by atoms with Crippen LogP contribution in [0.3, 0.4) is 0 Å². The lowest BCUT2D eigenvalue weighted by Gasteiger charge is -2.26. The van der Waals surface area contributed by atoms with E-state index in [-0.39, 0.29) is 24.3 Å². The van der Waals surface area contributed by atoms with Crippen LogP contribution in [0.4, 0.5) is 10.1 Å². The van der Waals surface area contributed by atoms with Gasteiger partial charge in [-0.1, -0.05) is 24.3 Å². The number of benzene rings is 2. The van der Waals surface area contributed by atoms with Crippen LogP contribution in [0.2, 0.25) is 0 Å². The summed E-state index contributed by atoms with van der Waals surface area (Å²) >= 11 is 0. The first kappa shape index (κ1) is 15.3. The number of aryl methyl sites for hydroxylation is 1. The number of ether oxygens (including phenoxy) is 1. The number of hydrogen-bond acceptors (Lipinski definition) is 3. The van der Waals surface area contributed by atoms with E-state index in [4.69, 9.17) is 4.74 Å². The van der Waals surface area contributed by atoms with E-state index in [1.807, 2.05) is 24.3 Å². The summed E-state index contributed by atoms with van der Waals surface area (Å²) in [5.41, 5.74) is 2.17. The predicted octanol–water partition coefficient (Wildman–Crippen LogP) is 3.19. The molecule has 1 unspecified atom stereocenters. The largest absolute Gasteiger partial charge is 0.493 e. The van der Waals surface area contributed by atoms with E-state index >= 15 is 0 Å². The van der Waals surface area contributed by atoms with E-state index in [2.05, 4.69) is 10.6 Å². The lowest BCUT2D eigenvalue weighted by Crippen LogP contribution is -2.35. The molecule has 4 nitrogen and oxygen atoms in total. The number of anilines is 1. The van der Waals surface area contributed by atoms with Gasteiger partial charge in [0.25, 0.3) is 0 Å². The zero-order valence-corrected chi connectivity index (χ0v) is 12.9. The molecule has 1 aliphatic heterocycles. The Bertz CT molecular complexity index is 718. The molecule has 1 aliphatic rings. The monoisotopic (exact) mass is 314 g/mol. The summed E-state index contributed by atoms with van der Waals surface area (Å²) in [5, 5.41) is 5.94. The number of amides is 1. The van der Waals surface area contributed by atoms with Crippen molar-refractivity contribution in [2.45, 2.75) is 19.4 Å². The SMILES string of the molecule is Cc1ccc(NCC(=O)NC2CCOc3ccccc32)cc1F. The van der Waals surface area contributed by atoms with Crippen molar-refractivity contribution in [2.24, 2.45) is 0 Å². The summed E-state index contributed by atoms with van der Waals surface area (Å²) in [6, 6.07) is 12.5. The van der Waals surface area contributed by atoms with Crippen molar-refractivity contribution < 1.29 is 13.9 Å². The minimum absolute atomic E-state index is 0.0518. The van der Waals surface area contributed by atoms with Gasteiger partial charge in [-0.05, 0) is 30.7 Å². The van der Waals surface area contributed by atoms with Gasteiger partial charge < -0.3 is 15.4 Å². The number of fused-ring (bicyclic) bond motifs is 1. The second-order valence-electron chi connectivity index (χ2n) is 5.61. The maximum atomic E-state index is 13.5. The van der Waals surface area contributed by atoms with Crippen molar-refractivity contribution in [1.29, 1.82) is 0 Å². The molecule has 2 N–H and O–H groups in total. The fourth-order valence-corrected chi connectivity index (χ4v) is 2.62. The zero-order valence-electron chi connectivity index (χ0n) is 12.9. The standard InChI is InChI=1S/C18H19FN2O2/c1-12-6-7-13(10-15(12)19)20-11-18(22)21-16-8-9-23-17-5-3-2-4-14(16)17/h2-7,10,16,20H,8-9,11H2,1H3,(H,21,22). The molecule has 1 heterocycles. The third kappa shape index (κ3) is 3.62. The van der Waals surface area contributed by atoms with E-state index in [1.54, 1.807) is 19.1 Å². The molecule has 0 aromatic heterocycles. The Morgan fingerprint density at radius 1 is 1.30 bits per heavy atom. The fraction of sp³-hybridized carbons (Fsp3) is 0.278. The number of halogens is 1. The number of nitrogens with one attached hydrogen (secondary N) is 2. The van der Waals surface area contributed by atoms with Crippen molar-refractivity contribution in [2.75, 3.05) is 18.5 Å². The quantitative estimate of drug-likeness (QED) is 0.911. The van der Waals surface area contributed by atoms with E-state index in [9.17, 15) is 9.18 Å². The second kappa shape index (κ2) is 6.69. The normalized spacial score (nSPS) is 16.2. The summed E-state index contributed by atoms with van der Waals surface area (Å²) < 4.78 is 19.1. The first-order chi connectivity index (χ1) is 11.1. The van der Waals surface area contributed by atoms with Crippen LogP contribution in [-0.2, 0) is 4.79 Å². The third-order valence-corrected chi connectivity index (χ3v) is 3.92. The molecular formula is C18H19FN2O2. The van der Waals surface area contributed by atoms with Gasteiger partial charge in [-0.25, -0.2) is 4.39 Å². The first-order valence-corrected chi connectivity index (χ1v) is 7.64. The summed E-state index contributed by atoms with van der Waals surface area (Å²) in [6.45, 7) is 2.38. The average Bonchev–Trinajstić information content (AvgIpc) is 2.56. The molecule has 23 heavy (non-hydrogen) atoms. The Morgan fingerprint density at radius 3 is 2.96 bits per heavy atom. The van der Waals surface area contributed by atoms with Gasteiger partial charge in [0.1, 0.15) is 11.6 Å². The van der Waals surface area contributed by atoms with Gasteiger partial charge in [-0.3, -0.25) is 4.79 Å². The highest BCUT2D eigenvalue weighted by molar-refractivity contribution is 5.81. The van der Waals surface area contributed by atoms with Gasteiger partial charge >= 0.3 is 0 Å². The van der Waals surface area contributed by atoms with E-state index in [1.165, 1.54) is 6.07 Å². The molecular weight excluding hydrogens is 295 g/mol. The first-order valence-electron chi connectivity index (χ1n) is 7.64. The molecule has 0 saturated heterocycles. The van der Waals surface area contributed by atoms with Crippen LogP contribution >= 0.6 is 0 Å². The van der Waals surface area contributed by atoms with Crippen molar-refractivity contribution in [3.8, 4) is 5.75 Å². The second-order valence-corrected chi connectivity index (χ2v) is 5.61. The smallest absolute Gasteiger partial charge is 0.239 e. The van der Waals surface area contributed by atoms with Crippen molar-refractivity contribution >= 4 is 11.6 Å². The predicted molar refractivity (Wildman–Crippen MR) is 87.1 cm³/mol. The van der Waals surface area contributed by atoms with E-state index in [0.29, 0.717) is 17.9 Å². The Labute approximate surface area is 134 Å². The molecule has 0 radical (unpaired) electrons. The minimum atomic E-state index is -0.284. The molecule has 120 valence electrons.